The molecule has 0 radical (unpaired) electrons. The van der Waals surface area contributed by atoms with Crippen molar-refractivity contribution in [1.29, 1.82) is 0 Å². The third kappa shape index (κ3) is 5.50. The third-order valence-corrected chi connectivity index (χ3v) is 2.46. The van der Waals surface area contributed by atoms with Crippen LogP contribution in [0.1, 0.15) is 27.7 Å². The van der Waals surface area contributed by atoms with Gasteiger partial charge in [-0.2, -0.15) is 0 Å². The minimum absolute atomic E-state index is 0.264. The second-order valence-corrected chi connectivity index (χ2v) is 5.03. The molecule has 0 N–H and O–H groups in total. The largest absolute Gasteiger partial charge is 0.376 e. The maximum Gasteiger partial charge on any atom is 0.0935 e. The molecule has 3 nitrogen and oxygen atoms in total. The van der Waals surface area contributed by atoms with Crippen molar-refractivity contribution in [2.45, 2.75) is 39.9 Å². The van der Waals surface area contributed by atoms with Crippen molar-refractivity contribution in [3.63, 3.8) is 0 Å². The van der Waals surface area contributed by atoms with Crippen LogP contribution >= 0.6 is 0 Å². The van der Waals surface area contributed by atoms with Crippen LogP contribution in [-0.2, 0) is 9.47 Å². The zero-order valence-corrected chi connectivity index (χ0v) is 10.5. The highest BCUT2D eigenvalue weighted by atomic mass is 16.5. The van der Waals surface area contributed by atoms with Gasteiger partial charge in [0.15, 0.2) is 0 Å². The highest BCUT2D eigenvalue weighted by Crippen LogP contribution is 2.08. The molecule has 1 rings (SSSR count). The van der Waals surface area contributed by atoms with E-state index in [1.54, 1.807) is 0 Å². The standard InChI is InChI=1S/C12H25NO2/c1-10(2)7-13-5-6-14-12(8-13)9-15-11(3)4/h10-12H,5-9H2,1-4H3/t12-/m0/s1. The molecule has 0 aromatic heterocycles. The lowest BCUT2D eigenvalue weighted by molar-refractivity contribution is -0.0813. The fraction of sp³-hybridized carbons (Fsp3) is 1.00. The molecule has 90 valence electrons. The normalized spacial score (nSPS) is 24.0. The van der Waals surface area contributed by atoms with Gasteiger partial charge in [-0.1, -0.05) is 13.8 Å². The molecule has 0 unspecified atom stereocenters. The molecular weight excluding hydrogens is 190 g/mol. The molecule has 1 aliphatic heterocycles. The third-order valence-electron chi connectivity index (χ3n) is 2.46. The smallest absolute Gasteiger partial charge is 0.0935 e. The first-order chi connectivity index (χ1) is 7.08. The van der Waals surface area contributed by atoms with E-state index in [0.29, 0.717) is 6.10 Å². The topological polar surface area (TPSA) is 21.7 Å². The van der Waals surface area contributed by atoms with Crippen molar-refractivity contribution in [3.8, 4) is 0 Å². The van der Waals surface area contributed by atoms with E-state index in [0.717, 1.165) is 32.2 Å². The minimum Gasteiger partial charge on any atom is -0.376 e. The number of morpholine rings is 1. The summed E-state index contributed by atoms with van der Waals surface area (Å²) in [5.74, 6) is 0.731. The first kappa shape index (κ1) is 12.9. The van der Waals surface area contributed by atoms with Gasteiger partial charge in [0.1, 0.15) is 0 Å². The Balaban J connectivity index is 2.23. The maximum absolute atomic E-state index is 5.67. The summed E-state index contributed by atoms with van der Waals surface area (Å²) in [6.07, 6.45) is 0.564. The van der Waals surface area contributed by atoms with Crippen LogP contribution in [0.2, 0.25) is 0 Å². The Labute approximate surface area is 93.7 Å². The van der Waals surface area contributed by atoms with Crippen LogP contribution in [0.3, 0.4) is 0 Å². The van der Waals surface area contributed by atoms with Crippen molar-refractivity contribution in [1.82, 2.24) is 4.90 Å². The Bertz CT molecular complexity index is 171. The lowest BCUT2D eigenvalue weighted by atomic mass is 10.2. The van der Waals surface area contributed by atoms with Crippen molar-refractivity contribution in [3.05, 3.63) is 0 Å². The molecule has 1 fully saturated rings. The molecular formula is C12H25NO2. The van der Waals surface area contributed by atoms with Gasteiger partial charge in [0.25, 0.3) is 0 Å². The first-order valence-electron chi connectivity index (χ1n) is 6.03. The Hall–Kier alpha value is -0.120. The molecule has 0 bridgehead atoms. The number of hydrogen-bond donors (Lipinski definition) is 0. The maximum atomic E-state index is 5.67. The Kier molecular flexibility index (Phi) is 5.58. The molecule has 3 heteroatoms. The van der Waals surface area contributed by atoms with E-state index in [2.05, 4.69) is 32.6 Å². The van der Waals surface area contributed by atoms with Gasteiger partial charge in [0.2, 0.25) is 0 Å². The average Bonchev–Trinajstić information content (AvgIpc) is 2.14. The van der Waals surface area contributed by atoms with E-state index in [4.69, 9.17) is 9.47 Å². The highest BCUT2D eigenvalue weighted by Gasteiger charge is 2.21. The highest BCUT2D eigenvalue weighted by molar-refractivity contribution is 4.72. The van der Waals surface area contributed by atoms with Crippen LogP contribution < -0.4 is 0 Å². The van der Waals surface area contributed by atoms with Crippen molar-refractivity contribution >= 4 is 0 Å². The second kappa shape index (κ2) is 6.46. The molecule has 1 heterocycles. The number of nitrogens with zero attached hydrogens (tertiary/aromatic N) is 1. The van der Waals surface area contributed by atoms with E-state index in [1.807, 2.05) is 0 Å². The predicted octanol–water partition coefficient (Wildman–Crippen LogP) is 1.77. The monoisotopic (exact) mass is 215 g/mol. The van der Waals surface area contributed by atoms with E-state index >= 15 is 0 Å². The van der Waals surface area contributed by atoms with Crippen molar-refractivity contribution in [2.75, 3.05) is 32.8 Å². The summed E-state index contributed by atoms with van der Waals surface area (Å²) in [6.45, 7) is 13.5. The van der Waals surface area contributed by atoms with Crippen LogP contribution in [0.15, 0.2) is 0 Å². The zero-order valence-electron chi connectivity index (χ0n) is 10.5. The predicted molar refractivity (Wildman–Crippen MR) is 62.1 cm³/mol. The van der Waals surface area contributed by atoms with Crippen LogP contribution in [0.5, 0.6) is 0 Å². The molecule has 0 spiro atoms. The average molecular weight is 215 g/mol. The van der Waals surface area contributed by atoms with Gasteiger partial charge in [-0.15, -0.1) is 0 Å². The van der Waals surface area contributed by atoms with Gasteiger partial charge >= 0.3 is 0 Å². The Morgan fingerprint density at radius 2 is 2.07 bits per heavy atom. The van der Waals surface area contributed by atoms with Crippen LogP contribution in [0, 0.1) is 5.92 Å². The summed E-state index contributed by atoms with van der Waals surface area (Å²) in [5, 5.41) is 0. The van der Waals surface area contributed by atoms with E-state index in [9.17, 15) is 0 Å². The number of rotatable bonds is 5. The summed E-state index contributed by atoms with van der Waals surface area (Å²) < 4.78 is 11.3. The lowest BCUT2D eigenvalue weighted by Gasteiger charge is -2.34. The Morgan fingerprint density at radius 1 is 1.33 bits per heavy atom. The molecule has 0 aromatic carbocycles. The summed E-state index contributed by atoms with van der Waals surface area (Å²) >= 11 is 0. The summed E-state index contributed by atoms with van der Waals surface area (Å²) in [7, 11) is 0. The van der Waals surface area contributed by atoms with Crippen LogP contribution in [-0.4, -0.2) is 50.0 Å². The molecule has 1 aliphatic rings. The van der Waals surface area contributed by atoms with Gasteiger partial charge < -0.3 is 9.47 Å². The Morgan fingerprint density at radius 3 is 2.67 bits per heavy atom. The van der Waals surface area contributed by atoms with Crippen LogP contribution in [0.25, 0.3) is 0 Å². The molecule has 0 aromatic rings. The van der Waals surface area contributed by atoms with Gasteiger partial charge in [0.05, 0.1) is 25.4 Å². The molecule has 0 saturated carbocycles. The van der Waals surface area contributed by atoms with E-state index < -0.39 is 0 Å². The van der Waals surface area contributed by atoms with Gasteiger partial charge in [0, 0.05) is 19.6 Å². The van der Waals surface area contributed by atoms with Gasteiger partial charge in [-0.3, -0.25) is 4.90 Å². The quantitative estimate of drug-likeness (QED) is 0.697. The summed E-state index contributed by atoms with van der Waals surface area (Å²) in [5.41, 5.74) is 0. The fourth-order valence-corrected chi connectivity index (χ4v) is 1.86. The fourth-order valence-electron chi connectivity index (χ4n) is 1.86. The van der Waals surface area contributed by atoms with E-state index in [-0.39, 0.29) is 6.10 Å². The molecule has 0 amide bonds. The lowest BCUT2D eigenvalue weighted by Crippen LogP contribution is -2.45. The first-order valence-corrected chi connectivity index (χ1v) is 6.03. The molecule has 0 aliphatic carbocycles. The summed E-state index contributed by atoms with van der Waals surface area (Å²) in [6, 6.07) is 0. The molecule has 15 heavy (non-hydrogen) atoms. The molecule has 1 saturated heterocycles. The summed E-state index contributed by atoms with van der Waals surface area (Å²) in [4.78, 5) is 2.47. The van der Waals surface area contributed by atoms with E-state index in [1.165, 1.54) is 6.54 Å². The molecule has 1 atom stereocenters. The van der Waals surface area contributed by atoms with Gasteiger partial charge in [-0.05, 0) is 19.8 Å². The zero-order chi connectivity index (χ0) is 11.3. The van der Waals surface area contributed by atoms with Gasteiger partial charge in [-0.25, -0.2) is 0 Å². The van der Waals surface area contributed by atoms with Crippen LogP contribution in [0.4, 0.5) is 0 Å². The minimum atomic E-state index is 0.264. The van der Waals surface area contributed by atoms with Crippen molar-refractivity contribution in [2.24, 2.45) is 5.92 Å². The van der Waals surface area contributed by atoms with Crippen molar-refractivity contribution < 1.29 is 9.47 Å². The second-order valence-electron chi connectivity index (χ2n) is 5.03. The SMILES string of the molecule is CC(C)CN1CCO[C@H](COC(C)C)C1. The number of ether oxygens (including phenoxy) is 2. The number of hydrogen-bond acceptors (Lipinski definition) is 3.